The summed E-state index contributed by atoms with van der Waals surface area (Å²) < 4.78 is 48.4. The van der Waals surface area contributed by atoms with Gasteiger partial charge in [0.05, 0.1) is 22.6 Å². The minimum Gasteiger partial charge on any atom is -0.397 e. The van der Waals surface area contributed by atoms with Gasteiger partial charge in [0.15, 0.2) is 5.69 Å². The second-order valence-electron chi connectivity index (χ2n) is 7.35. The molecule has 1 unspecified atom stereocenters. The number of pyridine rings is 1. The van der Waals surface area contributed by atoms with Crippen molar-refractivity contribution in [1.29, 1.82) is 0 Å². The summed E-state index contributed by atoms with van der Waals surface area (Å²) in [7, 11) is 1.32. The molecule has 0 aliphatic heterocycles. The normalized spacial score (nSPS) is 13.4. The number of alkyl halides is 2. The molecule has 0 bridgehead atoms. The lowest BCUT2D eigenvalue weighted by Crippen LogP contribution is -2.25. The number of aromatic nitrogens is 1. The topological polar surface area (TPSA) is 80.4 Å². The molecule has 0 saturated heterocycles. The Balaban J connectivity index is 0.000000508. The summed E-state index contributed by atoms with van der Waals surface area (Å²) in [5.74, 6) is -2.19. The molecule has 3 N–H and O–H groups in total. The van der Waals surface area contributed by atoms with Crippen molar-refractivity contribution < 1.29 is 22.4 Å². The number of carbonyl (C=O) groups is 1. The number of amides is 1. The molecule has 1 saturated carbocycles. The van der Waals surface area contributed by atoms with E-state index < -0.39 is 23.7 Å². The molecule has 10 heteroatoms. The highest BCUT2D eigenvalue weighted by Crippen LogP contribution is 2.26. The first-order chi connectivity index (χ1) is 16.7. The average Bonchev–Trinajstić information content (AvgIpc) is 2.83. The Morgan fingerprint density at radius 2 is 1.63 bits per heavy atom. The van der Waals surface area contributed by atoms with Gasteiger partial charge in [-0.1, -0.05) is 66.5 Å². The molecule has 1 amide bonds. The SMILES string of the molecule is C1CCCCC1.C=CN=C/C(=C\C)NC(=O)c1nc(-c2c(F)cccc2F)ccc1N.FC(F)P. The number of nitrogens with one attached hydrogen (secondary N) is 1. The molecule has 1 aliphatic carbocycles. The van der Waals surface area contributed by atoms with Crippen LogP contribution in [0.1, 0.15) is 55.9 Å². The Morgan fingerprint density at radius 1 is 1.11 bits per heavy atom. The number of nitrogens with two attached hydrogens (primary N) is 1. The first kappa shape index (κ1) is 30.0. The fraction of sp³-hybridized carbons (Fsp3) is 0.320. The van der Waals surface area contributed by atoms with Crippen LogP contribution in [0.2, 0.25) is 0 Å². The summed E-state index contributed by atoms with van der Waals surface area (Å²) in [6.07, 6.45) is 11.1. The number of benzene rings is 1. The summed E-state index contributed by atoms with van der Waals surface area (Å²) in [4.78, 5) is 20.2. The molecule has 5 nitrogen and oxygen atoms in total. The molecule has 2 aromatic rings. The number of anilines is 1. The van der Waals surface area contributed by atoms with Crippen molar-refractivity contribution >= 4 is 27.0 Å². The first-order valence-electron chi connectivity index (χ1n) is 11.1. The third kappa shape index (κ3) is 11.3. The molecule has 35 heavy (non-hydrogen) atoms. The van der Waals surface area contributed by atoms with E-state index in [1.807, 2.05) is 0 Å². The Morgan fingerprint density at radius 3 is 2.09 bits per heavy atom. The first-order valence-corrected chi connectivity index (χ1v) is 11.7. The van der Waals surface area contributed by atoms with Crippen LogP contribution in [0.3, 0.4) is 0 Å². The predicted molar refractivity (Wildman–Crippen MR) is 137 cm³/mol. The van der Waals surface area contributed by atoms with Gasteiger partial charge in [0, 0.05) is 12.4 Å². The molecule has 1 heterocycles. The molecule has 0 radical (unpaired) electrons. The number of hydrogen-bond donors (Lipinski definition) is 2. The lowest BCUT2D eigenvalue weighted by molar-refractivity contribution is 0.0964. The largest absolute Gasteiger partial charge is 0.397 e. The molecular weight excluding hydrogens is 479 g/mol. The van der Waals surface area contributed by atoms with Gasteiger partial charge in [0.25, 0.3) is 5.91 Å². The molecule has 190 valence electrons. The van der Waals surface area contributed by atoms with Crippen LogP contribution in [0.15, 0.2) is 59.9 Å². The molecule has 1 fully saturated rings. The maximum Gasteiger partial charge on any atom is 0.276 e. The monoisotopic (exact) mass is 510 g/mol. The van der Waals surface area contributed by atoms with Crippen LogP contribution < -0.4 is 11.1 Å². The zero-order valence-electron chi connectivity index (χ0n) is 19.6. The lowest BCUT2D eigenvalue weighted by Gasteiger charge is -2.10. The van der Waals surface area contributed by atoms with E-state index in [-0.39, 0.29) is 22.6 Å². The minimum atomic E-state index is -2.25. The summed E-state index contributed by atoms with van der Waals surface area (Å²) in [6, 6.07) is 6.19. The van der Waals surface area contributed by atoms with Gasteiger partial charge >= 0.3 is 0 Å². The van der Waals surface area contributed by atoms with E-state index >= 15 is 0 Å². The second kappa shape index (κ2) is 16.5. The zero-order valence-corrected chi connectivity index (χ0v) is 20.8. The molecule has 3 rings (SSSR count). The van der Waals surface area contributed by atoms with Crippen molar-refractivity contribution in [1.82, 2.24) is 10.3 Å². The molecule has 1 aromatic heterocycles. The summed E-state index contributed by atoms with van der Waals surface area (Å²) in [5, 5.41) is 2.56. The molecule has 1 aliphatic rings. The van der Waals surface area contributed by atoms with Crippen LogP contribution in [0, 0.1) is 11.6 Å². The maximum atomic E-state index is 13.9. The third-order valence-electron chi connectivity index (χ3n) is 4.75. The van der Waals surface area contributed by atoms with E-state index in [0.29, 0.717) is 5.70 Å². The van der Waals surface area contributed by atoms with Crippen LogP contribution >= 0.6 is 9.24 Å². The van der Waals surface area contributed by atoms with E-state index in [1.54, 1.807) is 13.0 Å². The number of nitrogen functional groups attached to an aromatic ring is 1. The standard InChI is InChI=1S/C18H16F2N4O.C6H12.CH3F2P/c1-3-11(10-22-4-2)23-18(25)17-14(21)8-9-15(24-17)16-12(19)6-5-7-13(16)20;1-2-4-6-5-3-1;2-1(3)4/h3-10H,2,21H2,1H3,(H,23,25);1-6H2;1H,4H2/b11-3+,22-10?;;. The van der Waals surface area contributed by atoms with Gasteiger partial charge < -0.3 is 11.1 Å². The van der Waals surface area contributed by atoms with Crippen molar-refractivity contribution in [2.75, 3.05) is 5.73 Å². The van der Waals surface area contributed by atoms with Gasteiger partial charge in [0.1, 0.15) is 11.6 Å². The summed E-state index contributed by atoms with van der Waals surface area (Å²) in [5.41, 5.74) is 5.76. The van der Waals surface area contributed by atoms with Gasteiger partial charge in [0.2, 0.25) is 6.17 Å². The van der Waals surface area contributed by atoms with Gasteiger partial charge in [-0.15, -0.1) is 0 Å². The van der Waals surface area contributed by atoms with Crippen molar-refractivity contribution in [2.45, 2.75) is 51.6 Å². The Kier molecular flexibility index (Phi) is 14.2. The Hall–Kier alpha value is -3.06. The van der Waals surface area contributed by atoms with Crippen molar-refractivity contribution in [3.8, 4) is 11.3 Å². The quantitative estimate of drug-likeness (QED) is 0.261. The Bertz CT molecular complexity index is 990. The Labute approximate surface area is 205 Å². The van der Waals surface area contributed by atoms with Crippen molar-refractivity contribution in [2.24, 2.45) is 4.99 Å². The average molecular weight is 511 g/mol. The van der Waals surface area contributed by atoms with Gasteiger partial charge in [-0.3, -0.25) is 9.79 Å². The van der Waals surface area contributed by atoms with E-state index in [0.717, 1.165) is 12.1 Å². The van der Waals surface area contributed by atoms with Gasteiger partial charge in [-0.25, -0.2) is 22.5 Å². The number of aliphatic imine (C=N–C) groups is 1. The lowest BCUT2D eigenvalue weighted by atomic mass is 10.0. The summed E-state index contributed by atoms with van der Waals surface area (Å²) >= 11 is 0. The highest BCUT2D eigenvalue weighted by molar-refractivity contribution is 7.16. The minimum absolute atomic E-state index is 0.0308. The maximum absolute atomic E-state index is 13.9. The molecule has 0 spiro atoms. The van der Waals surface area contributed by atoms with Crippen LogP contribution in [-0.2, 0) is 0 Å². The van der Waals surface area contributed by atoms with E-state index in [1.165, 1.54) is 78.4 Å². The highest BCUT2D eigenvalue weighted by atomic mass is 31.0. The number of carbonyl (C=O) groups excluding carboxylic acids is 1. The predicted octanol–water partition coefficient (Wildman–Crippen LogP) is 6.88. The van der Waals surface area contributed by atoms with E-state index in [9.17, 15) is 22.4 Å². The van der Waals surface area contributed by atoms with Gasteiger partial charge in [-0.05, 0) is 31.2 Å². The highest BCUT2D eigenvalue weighted by Gasteiger charge is 2.17. The number of halogens is 4. The number of nitrogens with zero attached hydrogens (tertiary/aromatic N) is 2. The van der Waals surface area contributed by atoms with Crippen LogP contribution in [0.4, 0.5) is 23.2 Å². The van der Waals surface area contributed by atoms with Crippen LogP contribution in [-0.4, -0.2) is 23.3 Å². The zero-order chi connectivity index (χ0) is 26.2. The molecular formula is C25H31F4N4OP. The second-order valence-corrected chi connectivity index (χ2v) is 7.85. The van der Waals surface area contributed by atoms with E-state index in [4.69, 9.17) is 5.73 Å². The fourth-order valence-corrected chi connectivity index (χ4v) is 3.10. The van der Waals surface area contributed by atoms with E-state index in [2.05, 4.69) is 21.9 Å². The number of allylic oxidation sites excluding steroid dienone is 2. The van der Waals surface area contributed by atoms with Crippen LogP contribution in [0.5, 0.6) is 0 Å². The van der Waals surface area contributed by atoms with Crippen LogP contribution in [0.25, 0.3) is 11.3 Å². The van der Waals surface area contributed by atoms with Crippen molar-refractivity contribution in [3.05, 3.63) is 72.2 Å². The molecule has 1 aromatic carbocycles. The van der Waals surface area contributed by atoms with Gasteiger partial charge in [-0.2, -0.15) is 0 Å². The molecule has 1 atom stereocenters. The third-order valence-corrected chi connectivity index (χ3v) is 4.75. The number of hydrogen-bond acceptors (Lipinski definition) is 4. The summed E-state index contributed by atoms with van der Waals surface area (Å²) in [6.45, 7) is 5.14. The van der Waals surface area contributed by atoms with Crippen molar-refractivity contribution in [3.63, 3.8) is 0 Å². The fourth-order valence-electron chi connectivity index (χ4n) is 3.10. The number of rotatable bonds is 5. The smallest absolute Gasteiger partial charge is 0.276 e.